The summed E-state index contributed by atoms with van der Waals surface area (Å²) in [6.07, 6.45) is 0.699. The van der Waals surface area contributed by atoms with E-state index in [1.807, 2.05) is 11.8 Å². The van der Waals surface area contributed by atoms with Crippen LogP contribution < -0.4 is 0 Å². The van der Waals surface area contributed by atoms with E-state index in [-0.39, 0.29) is 11.3 Å². The largest absolute Gasteiger partial charge is 0.383 e. The van der Waals surface area contributed by atoms with Crippen LogP contribution >= 0.6 is 11.6 Å². The Hall–Kier alpha value is -0.320. The van der Waals surface area contributed by atoms with Gasteiger partial charge in [-0.15, -0.1) is 11.6 Å². The van der Waals surface area contributed by atoms with Crippen LogP contribution in [0.15, 0.2) is 0 Å². The monoisotopic (exact) mass is 248 g/mol. The van der Waals surface area contributed by atoms with Gasteiger partial charge >= 0.3 is 0 Å². The number of halogens is 1. The zero-order valence-corrected chi connectivity index (χ0v) is 10.9. The van der Waals surface area contributed by atoms with E-state index in [1.54, 1.807) is 7.11 Å². The average molecular weight is 249 g/mol. The Morgan fingerprint density at radius 1 is 1.38 bits per heavy atom. The van der Waals surface area contributed by atoms with Crippen LogP contribution in [0.4, 0.5) is 0 Å². The third kappa shape index (κ3) is 3.92. The minimum absolute atomic E-state index is 0.0792. The number of carbonyl (C=O) groups excluding carboxylic acids is 1. The summed E-state index contributed by atoms with van der Waals surface area (Å²) in [5.74, 6) is 0.0792. The zero-order chi connectivity index (χ0) is 12.0. The number of alkyl halides is 1. The second kappa shape index (κ2) is 7.09. The van der Waals surface area contributed by atoms with Gasteiger partial charge in [-0.3, -0.25) is 9.69 Å². The molecule has 0 radical (unpaired) electrons. The highest BCUT2D eigenvalue weighted by Gasteiger charge is 2.24. The van der Waals surface area contributed by atoms with Crippen LogP contribution in [-0.4, -0.2) is 67.5 Å². The standard InChI is InChI=1S/C11H21ClN2O2/c1-3-10(12)11(15)14-6-4-13(5-7-14)8-9-16-2/h10H,3-9H2,1-2H3/t10-/m1/s1. The van der Waals surface area contributed by atoms with Gasteiger partial charge in [-0.2, -0.15) is 0 Å². The Kier molecular flexibility index (Phi) is 6.09. The first-order valence-electron chi connectivity index (χ1n) is 5.83. The van der Waals surface area contributed by atoms with E-state index >= 15 is 0 Å². The molecule has 1 heterocycles. The minimum atomic E-state index is -0.356. The lowest BCUT2D eigenvalue weighted by Gasteiger charge is -2.35. The molecule has 94 valence electrons. The van der Waals surface area contributed by atoms with E-state index < -0.39 is 0 Å². The molecule has 0 aromatic carbocycles. The van der Waals surface area contributed by atoms with Gasteiger partial charge in [-0.25, -0.2) is 0 Å². The van der Waals surface area contributed by atoms with Crippen molar-refractivity contribution in [1.29, 1.82) is 0 Å². The predicted molar refractivity (Wildman–Crippen MR) is 64.8 cm³/mol. The van der Waals surface area contributed by atoms with Crippen LogP contribution in [0.3, 0.4) is 0 Å². The van der Waals surface area contributed by atoms with E-state index in [0.29, 0.717) is 6.42 Å². The van der Waals surface area contributed by atoms with Crippen molar-refractivity contribution in [3.8, 4) is 0 Å². The second-order valence-electron chi connectivity index (χ2n) is 4.04. The van der Waals surface area contributed by atoms with Gasteiger partial charge in [0.15, 0.2) is 0 Å². The number of amides is 1. The lowest BCUT2D eigenvalue weighted by molar-refractivity contribution is -0.132. The maximum Gasteiger partial charge on any atom is 0.240 e. The second-order valence-corrected chi connectivity index (χ2v) is 4.56. The highest BCUT2D eigenvalue weighted by atomic mass is 35.5. The van der Waals surface area contributed by atoms with Gasteiger partial charge in [0.05, 0.1) is 6.61 Å². The summed E-state index contributed by atoms with van der Waals surface area (Å²) >= 11 is 5.94. The quantitative estimate of drug-likeness (QED) is 0.675. The van der Waals surface area contributed by atoms with Crippen LogP contribution in [0.2, 0.25) is 0 Å². The summed E-state index contributed by atoms with van der Waals surface area (Å²) in [7, 11) is 1.71. The lowest BCUT2D eigenvalue weighted by Crippen LogP contribution is -2.51. The molecule has 0 unspecified atom stereocenters. The molecule has 0 saturated carbocycles. The normalized spacial score (nSPS) is 19.8. The van der Waals surface area contributed by atoms with Gasteiger partial charge in [0.2, 0.25) is 5.91 Å². The molecule has 1 aliphatic heterocycles. The van der Waals surface area contributed by atoms with Crippen molar-refractivity contribution in [3.05, 3.63) is 0 Å². The third-order valence-corrected chi connectivity index (χ3v) is 3.42. The Morgan fingerprint density at radius 2 is 2.00 bits per heavy atom. The van der Waals surface area contributed by atoms with Crippen molar-refractivity contribution < 1.29 is 9.53 Å². The summed E-state index contributed by atoms with van der Waals surface area (Å²) in [6.45, 7) is 7.03. The molecular weight excluding hydrogens is 228 g/mol. The maximum atomic E-state index is 11.8. The molecule has 1 saturated heterocycles. The fourth-order valence-electron chi connectivity index (χ4n) is 1.78. The maximum absolute atomic E-state index is 11.8. The van der Waals surface area contributed by atoms with Crippen molar-refractivity contribution in [3.63, 3.8) is 0 Å². The summed E-state index contributed by atoms with van der Waals surface area (Å²) in [6, 6.07) is 0. The van der Waals surface area contributed by atoms with Crippen LogP contribution in [-0.2, 0) is 9.53 Å². The number of hydrogen-bond acceptors (Lipinski definition) is 3. The molecule has 1 atom stereocenters. The van der Waals surface area contributed by atoms with E-state index in [0.717, 1.165) is 39.3 Å². The number of hydrogen-bond donors (Lipinski definition) is 0. The van der Waals surface area contributed by atoms with Gasteiger partial charge in [-0.1, -0.05) is 6.92 Å². The van der Waals surface area contributed by atoms with Crippen molar-refractivity contribution >= 4 is 17.5 Å². The molecule has 16 heavy (non-hydrogen) atoms. The number of carbonyl (C=O) groups is 1. The summed E-state index contributed by atoms with van der Waals surface area (Å²) in [5, 5.41) is -0.356. The SMILES string of the molecule is CC[C@@H](Cl)C(=O)N1CCN(CCOC)CC1. The Morgan fingerprint density at radius 3 is 2.50 bits per heavy atom. The molecular formula is C11H21ClN2O2. The molecule has 4 nitrogen and oxygen atoms in total. The van der Waals surface area contributed by atoms with Gasteiger partial charge < -0.3 is 9.64 Å². The van der Waals surface area contributed by atoms with E-state index in [9.17, 15) is 4.79 Å². The van der Waals surface area contributed by atoms with Crippen LogP contribution in [0.1, 0.15) is 13.3 Å². The van der Waals surface area contributed by atoms with Crippen molar-refractivity contribution in [2.24, 2.45) is 0 Å². The number of methoxy groups -OCH3 is 1. The van der Waals surface area contributed by atoms with Gasteiger partial charge in [0.25, 0.3) is 0 Å². The summed E-state index contributed by atoms with van der Waals surface area (Å²) in [4.78, 5) is 16.0. The van der Waals surface area contributed by atoms with E-state index in [1.165, 1.54) is 0 Å². The Labute approximate surface area is 102 Å². The number of piperazine rings is 1. The highest BCUT2D eigenvalue weighted by molar-refractivity contribution is 6.30. The first-order valence-corrected chi connectivity index (χ1v) is 6.26. The van der Waals surface area contributed by atoms with E-state index in [2.05, 4.69) is 4.90 Å². The molecule has 0 aliphatic carbocycles. The van der Waals surface area contributed by atoms with Crippen LogP contribution in [0, 0.1) is 0 Å². The number of ether oxygens (including phenoxy) is 1. The number of nitrogens with zero attached hydrogens (tertiary/aromatic N) is 2. The molecule has 1 aliphatic rings. The Bertz CT molecular complexity index is 218. The molecule has 0 aromatic rings. The zero-order valence-electron chi connectivity index (χ0n) is 10.1. The minimum Gasteiger partial charge on any atom is -0.383 e. The third-order valence-electron chi connectivity index (χ3n) is 2.92. The first kappa shape index (κ1) is 13.7. The predicted octanol–water partition coefficient (Wildman–Crippen LogP) is 0.794. The average Bonchev–Trinajstić information content (AvgIpc) is 2.35. The van der Waals surface area contributed by atoms with Gasteiger partial charge in [0, 0.05) is 39.8 Å². The van der Waals surface area contributed by atoms with Crippen molar-refractivity contribution in [2.45, 2.75) is 18.7 Å². The Balaban J connectivity index is 2.28. The first-order chi connectivity index (χ1) is 7.69. The molecule has 0 bridgehead atoms. The van der Waals surface area contributed by atoms with Gasteiger partial charge in [-0.05, 0) is 6.42 Å². The van der Waals surface area contributed by atoms with Crippen LogP contribution in [0.25, 0.3) is 0 Å². The van der Waals surface area contributed by atoms with Crippen molar-refractivity contribution in [1.82, 2.24) is 9.80 Å². The molecule has 5 heteroatoms. The molecule has 0 N–H and O–H groups in total. The van der Waals surface area contributed by atoms with E-state index in [4.69, 9.17) is 16.3 Å². The molecule has 1 amide bonds. The molecule has 1 rings (SSSR count). The number of rotatable bonds is 5. The summed E-state index contributed by atoms with van der Waals surface area (Å²) in [5.41, 5.74) is 0. The fourth-order valence-corrected chi connectivity index (χ4v) is 1.92. The lowest BCUT2D eigenvalue weighted by atomic mass is 10.2. The van der Waals surface area contributed by atoms with Gasteiger partial charge in [0.1, 0.15) is 5.38 Å². The summed E-state index contributed by atoms with van der Waals surface area (Å²) < 4.78 is 5.03. The van der Waals surface area contributed by atoms with Crippen LogP contribution in [0.5, 0.6) is 0 Å². The smallest absolute Gasteiger partial charge is 0.240 e. The highest BCUT2D eigenvalue weighted by Crippen LogP contribution is 2.09. The topological polar surface area (TPSA) is 32.8 Å². The molecule has 1 fully saturated rings. The molecule has 0 spiro atoms. The van der Waals surface area contributed by atoms with Crippen molar-refractivity contribution in [2.75, 3.05) is 46.4 Å². The molecule has 0 aromatic heterocycles. The fraction of sp³-hybridized carbons (Fsp3) is 0.909.